The number of hydrogen-bond acceptors (Lipinski definition) is 6. The van der Waals surface area contributed by atoms with Crippen molar-refractivity contribution in [2.45, 2.75) is 4.99 Å². The predicted molar refractivity (Wildman–Crippen MR) is 55.7 cm³/mol. The van der Waals surface area contributed by atoms with Gasteiger partial charge in [-0.2, -0.15) is 5.53 Å². The largest absolute Gasteiger partial charge is 0.391 e. The molecule has 1 aromatic carbocycles. The van der Waals surface area contributed by atoms with Crippen LogP contribution < -0.4 is 10.5 Å². The lowest BCUT2D eigenvalue weighted by Crippen LogP contribution is -2.47. The van der Waals surface area contributed by atoms with Crippen LogP contribution in [0.15, 0.2) is 40.7 Å². The van der Waals surface area contributed by atoms with E-state index >= 15 is 0 Å². The molecular formula is C8H10N4OS. The number of nitrogens with zero attached hydrogens (tertiary/aromatic N) is 3. The molecule has 0 radical (unpaired) electrons. The van der Waals surface area contributed by atoms with Gasteiger partial charge in [-0.05, 0) is 12.1 Å². The summed E-state index contributed by atoms with van der Waals surface area (Å²) < 4.78 is 0. The summed E-state index contributed by atoms with van der Waals surface area (Å²) in [6, 6.07) is 9.45. The minimum absolute atomic E-state index is 0.221. The maximum absolute atomic E-state index is 9.15. The van der Waals surface area contributed by atoms with Crippen molar-refractivity contribution < 1.29 is 5.11 Å². The summed E-state index contributed by atoms with van der Waals surface area (Å²) in [4.78, 5) is -1.01. The second-order valence-electron chi connectivity index (χ2n) is 2.90. The molecule has 1 aliphatic heterocycles. The predicted octanol–water partition coefficient (Wildman–Crippen LogP) is 0.954. The number of hydrogen-bond donors (Lipinski definition) is 3. The Hall–Kier alpha value is -1.27. The van der Waals surface area contributed by atoms with Gasteiger partial charge in [0.2, 0.25) is 4.99 Å². The molecule has 2 N–H and O–H groups in total. The highest BCUT2D eigenvalue weighted by Crippen LogP contribution is 2.29. The molecular weight excluding hydrogens is 200 g/mol. The van der Waals surface area contributed by atoms with Crippen molar-refractivity contribution in [3.8, 4) is 0 Å². The van der Waals surface area contributed by atoms with Gasteiger partial charge >= 0.3 is 0 Å². The van der Waals surface area contributed by atoms with E-state index < -0.39 is 4.99 Å². The molecule has 0 aromatic heterocycles. The van der Waals surface area contributed by atoms with Gasteiger partial charge in [0.25, 0.3) is 0 Å². The minimum atomic E-state index is -1.01. The zero-order valence-corrected chi connectivity index (χ0v) is 8.22. The van der Waals surface area contributed by atoms with E-state index in [-0.39, 0.29) is 6.61 Å². The molecule has 6 heteroatoms. The van der Waals surface area contributed by atoms with Crippen LogP contribution in [-0.2, 0) is 0 Å². The molecule has 2 rings (SSSR count). The third-order valence-electron chi connectivity index (χ3n) is 1.94. The number of aliphatic hydroxyl groups excluding tert-OH is 1. The first kappa shape index (κ1) is 9.29. The fourth-order valence-electron chi connectivity index (χ4n) is 1.22. The normalized spacial score (nSPS) is 25.1. The van der Waals surface area contributed by atoms with Crippen LogP contribution in [0.25, 0.3) is 0 Å². The van der Waals surface area contributed by atoms with Crippen LogP contribution in [0.5, 0.6) is 0 Å². The van der Waals surface area contributed by atoms with Crippen LogP contribution in [0.4, 0.5) is 5.69 Å². The smallest absolute Gasteiger partial charge is 0.240 e. The molecule has 1 aromatic rings. The third-order valence-corrected chi connectivity index (χ3v) is 2.37. The zero-order chi connectivity index (χ0) is 10.0. The first-order chi connectivity index (χ1) is 6.76. The van der Waals surface area contributed by atoms with Crippen LogP contribution in [0.2, 0.25) is 0 Å². The van der Waals surface area contributed by atoms with Gasteiger partial charge in [-0.1, -0.05) is 23.4 Å². The van der Waals surface area contributed by atoms with Crippen molar-refractivity contribution in [2.75, 3.05) is 11.6 Å². The van der Waals surface area contributed by atoms with E-state index in [1.165, 1.54) is 0 Å². The average molecular weight is 210 g/mol. The molecule has 0 aliphatic carbocycles. The van der Waals surface area contributed by atoms with E-state index in [2.05, 4.69) is 28.5 Å². The van der Waals surface area contributed by atoms with Crippen LogP contribution in [0.1, 0.15) is 0 Å². The highest BCUT2D eigenvalue weighted by molar-refractivity contribution is 7.82. The number of rotatable bonds is 2. The Kier molecular flexibility index (Phi) is 2.30. The molecule has 0 fully saturated rings. The molecule has 1 aliphatic rings. The maximum Gasteiger partial charge on any atom is 0.240 e. The van der Waals surface area contributed by atoms with Gasteiger partial charge in [0, 0.05) is 0 Å². The maximum atomic E-state index is 9.15. The van der Waals surface area contributed by atoms with Crippen molar-refractivity contribution in [2.24, 2.45) is 10.3 Å². The van der Waals surface area contributed by atoms with Crippen LogP contribution in [-0.4, -0.2) is 16.7 Å². The molecule has 14 heavy (non-hydrogen) atoms. The fraction of sp³-hybridized carbons (Fsp3) is 0.250. The lowest BCUT2D eigenvalue weighted by atomic mass is 10.3. The van der Waals surface area contributed by atoms with Gasteiger partial charge in [0.05, 0.1) is 5.69 Å². The number of para-hydroxylation sites is 1. The number of hydrazine groups is 1. The SMILES string of the molecule is OCC1(S)N=NNN1c1ccccc1. The van der Waals surface area contributed by atoms with Crippen LogP contribution in [0.3, 0.4) is 0 Å². The number of thiol groups is 1. The first-order valence-electron chi connectivity index (χ1n) is 4.12. The molecule has 0 saturated heterocycles. The third kappa shape index (κ3) is 1.42. The molecule has 0 bridgehead atoms. The molecule has 74 valence electrons. The van der Waals surface area contributed by atoms with E-state index in [0.29, 0.717) is 0 Å². The summed E-state index contributed by atoms with van der Waals surface area (Å²) in [5, 5.41) is 18.2. The number of benzene rings is 1. The molecule has 0 amide bonds. The molecule has 5 nitrogen and oxygen atoms in total. The number of anilines is 1. The summed E-state index contributed by atoms with van der Waals surface area (Å²) >= 11 is 4.24. The highest BCUT2D eigenvalue weighted by atomic mass is 32.1. The minimum Gasteiger partial charge on any atom is -0.391 e. The van der Waals surface area contributed by atoms with Gasteiger partial charge in [-0.15, -0.1) is 17.7 Å². The van der Waals surface area contributed by atoms with Gasteiger partial charge in [0.15, 0.2) is 0 Å². The summed E-state index contributed by atoms with van der Waals surface area (Å²) in [5.74, 6) is 0. The number of aliphatic hydroxyl groups is 1. The van der Waals surface area contributed by atoms with Crippen molar-refractivity contribution in [3.05, 3.63) is 30.3 Å². The van der Waals surface area contributed by atoms with Gasteiger partial charge in [-0.25, -0.2) is 5.01 Å². The Balaban J connectivity index is 2.29. The first-order valence-corrected chi connectivity index (χ1v) is 4.57. The Morgan fingerprint density at radius 2 is 2.14 bits per heavy atom. The molecule has 0 spiro atoms. The van der Waals surface area contributed by atoms with Crippen molar-refractivity contribution in [1.29, 1.82) is 0 Å². The van der Waals surface area contributed by atoms with Crippen molar-refractivity contribution in [3.63, 3.8) is 0 Å². The lowest BCUT2D eigenvalue weighted by molar-refractivity contribution is 0.250. The van der Waals surface area contributed by atoms with Gasteiger partial charge in [-0.3, -0.25) is 0 Å². The summed E-state index contributed by atoms with van der Waals surface area (Å²) in [6.45, 7) is -0.221. The van der Waals surface area contributed by atoms with Crippen molar-refractivity contribution in [1.82, 2.24) is 5.53 Å². The molecule has 1 unspecified atom stereocenters. The Morgan fingerprint density at radius 3 is 2.79 bits per heavy atom. The molecule has 1 heterocycles. The van der Waals surface area contributed by atoms with Crippen LogP contribution in [0, 0.1) is 0 Å². The van der Waals surface area contributed by atoms with E-state index in [9.17, 15) is 0 Å². The van der Waals surface area contributed by atoms with E-state index in [1.807, 2.05) is 30.3 Å². The monoisotopic (exact) mass is 210 g/mol. The van der Waals surface area contributed by atoms with Gasteiger partial charge in [0.1, 0.15) is 6.61 Å². The van der Waals surface area contributed by atoms with E-state index in [4.69, 9.17) is 5.11 Å². The quantitative estimate of drug-likeness (QED) is 0.637. The van der Waals surface area contributed by atoms with E-state index in [1.54, 1.807) is 5.01 Å². The topological polar surface area (TPSA) is 60.2 Å². The van der Waals surface area contributed by atoms with Crippen molar-refractivity contribution >= 4 is 18.3 Å². The summed E-state index contributed by atoms with van der Waals surface area (Å²) in [5.41, 5.74) is 3.52. The van der Waals surface area contributed by atoms with Crippen LogP contribution >= 0.6 is 12.6 Å². The Bertz CT molecular complexity index is 344. The Morgan fingerprint density at radius 1 is 1.43 bits per heavy atom. The zero-order valence-electron chi connectivity index (χ0n) is 7.33. The number of nitrogens with one attached hydrogen (secondary N) is 1. The second-order valence-corrected chi connectivity index (χ2v) is 3.62. The standard InChI is InChI=1S/C8H10N4OS/c13-6-8(14)9-10-11-12(8)7-4-2-1-3-5-7/h1-5,13-14H,6H2,(H,9,11). The Labute approximate surface area is 86.8 Å². The average Bonchev–Trinajstić information content (AvgIpc) is 2.63. The molecule has 0 saturated carbocycles. The second kappa shape index (κ2) is 3.47. The highest BCUT2D eigenvalue weighted by Gasteiger charge is 2.37. The van der Waals surface area contributed by atoms with E-state index in [0.717, 1.165) is 5.69 Å². The molecule has 1 atom stereocenters. The fourth-order valence-corrected chi connectivity index (χ4v) is 1.42. The lowest BCUT2D eigenvalue weighted by Gasteiger charge is -2.28. The summed E-state index contributed by atoms with van der Waals surface area (Å²) in [7, 11) is 0. The van der Waals surface area contributed by atoms with Gasteiger partial charge < -0.3 is 5.11 Å². The summed E-state index contributed by atoms with van der Waals surface area (Å²) in [6.07, 6.45) is 0.